The Morgan fingerprint density at radius 2 is 2.33 bits per heavy atom. The fraction of sp³-hybridized carbons (Fsp3) is 0.600. The summed E-state index contributed by atoms with van der Waals surface area (Å²) in [6.07, 6.45) is 1.16. The molecule has 1 saturated heterocycles. The van der Waals surface area contributed by atoms with E-state index in [1.54, 1.807) is 4.90 Å². The summed E-state index contributed by atoms with van der Waals surface area (Å²) in [5.41, 5.74) is 0. The minimum Gasteiger partial charge on any atom is -0.380 e. The highest BCUT2D eigenvalue weighted by molar-refractivity contribution is 6.01. The van der Waals surface area contributed by atoms with Gasteiger partial charge in [-0.3, -0.25) is 9.69 Å². The Hall–Kier alpha value is -1.36. The van der Waals surface area contributed by atoms with Crippen LogP contribution in [0.5, 0.6) is 0 Å². The molecule has 0 N–H and O–H groups in total. The van der Waals surface area contributed by atoms with Gasteiger partial charge in [-0.15, -0.1) is 0 Å². The molecular weight excluding hydrogens is 196 g/mol. The molecule has 0 unspecified atom stereocenters. The molecule has 84 valence electrons. The molecule has 0 aromatic rings. The highest BCUT2D eigenvalue weighted by Crippen LogP contribution is 2.08. The first-order chi connectivity index (χ1) is 7.20. The van der Waals surface area contributed by atoms with Gasteiger partial charge in [0.25, 0.3) is 5.91 Å². The molecule has 1 aliphatic heterocycles. The third-order valence-electron chi connectivity index (χ3n) is 2.25. The van der Waals surface area contributed by atoms with Crippen molar-refractivity contribution in [2.24, 2.45) is 0 Å². The molecule has 15 heavy (non-hydrogen) atoms. The fourth-order valence-electron chi connectivity index (χ4n) is 1.42. The van der Waals surface area contributed by atoms with Gasteiger partial charge in [-0.1, -0.05) is 6.58 Å². The van der Waals surface area contributed by atoms with Crippen molar-refractivity contribution in [3.05, 3.63) is 12.7 Å². The van der Waals surface area contributed by atoms with Gasteiger partial charge in [0, 0.05) is 26.2 Å². The van der Waals surface area contributed by atoms with Crippen LogP contribution in [0.2, 0.25) is 0 Å². The standard InChI is InChI=1S/C10H16N2O3/c1-3-9(13)12-6-5-11(10(12)14)7-8-15-4-2/h3H,1,4-8H2,2H3. The summed E-state index contributed by atoms with van der Waals surface area (Å²) in [4.78, 5) is 25.7. The predicted octanol–water partition coefficient (Wildman–Crippen LogP) is 0.473. The molecule has 5 heteroatoms. The molecule has 1 fully saturated rings. The maximum atomic E-state index is 11.6. The van der Waals surface area contributed by atoms with Crippen molar-refractivity contribution < 1.29 is 14.3 Å². The average molecular weight is 212 g/mol. The van der Waals surface area contributed by atoms with Crippen LogP contribution in [-0.2, 0) is 9.53 Å². The van der Waals surface area contributed by atoms with Gasteiger partial charge in [-0.2, -0.15) is 0 Å². The van der Waals surface area contributed by atoms with E-state index in [0.717, 1.165) is 6.08 Å². The molecule has 0 aromatic heterocycles. The van der Waals surface area contributed by atoms with Crippen LogP contribution < -0.4 is 0 Å². The van der Waals surface area contributed by atoms with E-state index in [4.69, 9.17) is 4.74 Å². The average Bonchev–Trinajstić information content (AvgIpc) is 2.60. The van der Waals surface area contributed by atoms with Crippen molar-refractivity contribution in [3.8, 4) is 0 Å². The lowest BCUT2D eigenvalue weighted by atomic mass is 10.5. The first kappa shape index (κ1) is 11.7. The van der Waals surface area contributed by atoms with E-state index < -0.39 is 0 Å². The lowest BCUT2D eigenvalue weighted by Gasteiger charge is -2.16. The monoisotopic (exact) mass is 212 g/mol. The van der Waals surface area contributed by atoms with Gasteiger partial charge in [0.15, 0.2) is 0 Å². The number of carbonyl (C=O) groups is 2. The molecule has 0 radical (unpaired) electrons. The number of rotatable bonds is 5. The van der Waals surface area contributed by atoms with E-state index in [0.29, 0.717) is 32.8 Å². The summed E-state index contributed by atoms with van der Waals surface area (Å²) >= 11 is 0. The highest BCUT2D eigenvalue weighted by Gasteiger charge is 2.31. The zero-order chi connectivity index (χ0) is 11.3. The number of hydrogen-bond acceptors (Lipinski definition) is 3. The molecule has 0 spiro atoms. The molecule has 0 atom stereocenters. The zero-order valence-corrected chi connectivity index (χ0v) is 8.94. The summed E-state index contributed by atoms with van der Waals surface area (Å²) in [6.45, 7) is 7.95. The Bertz CT molecular complexity index is 265. The quantitative estimate of drug-likeness (QED) is 0.492. The van der Waals surface area contributed by atoms with Crippen molar-refractivity contribution in [1.82, 2.24) is 9.80 Å². The van der Waals surface area contributed by atoms with Gasteiger partial charge < -0.3 is 9.64 Å². The van der Waals surface area contributed by atoms with Crippen LogP contribution >= 0.6 is 0 Å². The van der Waals surface area contributed by atoms with Crippen molar-refractivity contribution >= 4 is 11.9 Å². The molecule has 0 aromatic carbocycles. The molecule has 0 bridgehead atoms. The minimum absolute atomic E-state index is 0.250. The maximum absolute atomic E-state index is 11.6. The number of imide groups is 1. The van der Waals surface area contributed by atoms with Crippen molar-refractivity contribution in [1.29, 1.82) is 0 Å². The van der Waals surface area contributed by atoms with Gasteiger partial charge in [0.05, 0.1) is 6.61 Å². The number of carbonyl (C=O) groups excluding carboxylic acids is 2. The number of urea groups is 1. The fourth-order valence-corrected chi connectivity index (χ4v) is 1.42. The number of amides is 3. The van der Waals surface area contributed by atoms with E-state index in [1.807, 2.05) is 6.92 Å². The van der Waals surface area contributed by atoms with E-state index >= 15 is 0 Å². The second kappa shape index (κ2) is 5.50. The van der Waals surface area contributed by atoms with Gasteiger partial charge in [-0.25, -0.2) is 4.79 Å². The third-order valence-corrected chi connectivity index (χ3v) is 2.25. The second-order valence-corrected chi connectivity index (χ2v) is 3.16. The normalized spacial score (nSPS) is 15.9. The SMILES string of the molecule is C=CC(=O)N1CCN(CCOCC)C1=O. The van der Waals surface area contributed by atoms with Crippen molar-refractivity contribution in [2.75, 3.05) is 32.8 Å². The molecule has 5 nitrogen and oxygen atoms in total. The predicted molar refractivity (Wildman–Crippen MR) is 55.4 cm³/mol. The van der Waals surface area contributed by atoms with Gasteiger partial charge >= 0.3 is 6.03 Å². The van der Waals surface area contributed by atoms with E-state index in [-0.39, 0.29) is 11.9 Å². The van der Waals surface area contributed by atoms with Gasteiger partial charge in [0.2, 0.25) is 0 Å². The Labute approximate surface area is 89.3 Å². The van der Waals surface area contributed by atoms with E-state index in [9.17, 15) is 9.59 Å². The smallest absolute Gasteiger partial charge is 0.327 e. The minimum atomic E-state index is -0.334. The Morgan fingerprint density at radius 3 is 2.93 bits per heavy atom. The summed E-state index contributed by atoms with van der Waals surface area (Å²) in [7, 11) is 0. The number of hydrogen-bond donors (Lipinski definition) is 0. The van der Waals surface area contributed by atoms with Gasteiger partial charge in [0.1, 0.15) is 0 Å². The Balaban J connectivity index is 2.42. The third kappa shape index (κ3) is 2.79. The van der Waals surface area contributed by atoms with Crippen LogP contribution in [0.3, 0.4) is 0 Å². The lowest BCUT2D eigenvalue weighted by molar-refractivity contribution is -0.122. The molecule has 0 saturated carbocycles. The van der Waals surface area contributed by atoms with Crippen LogP contribution in [0.1, 0.15) is 6.92 Å². The first-order valence-electron chi connectivity index (χ1n) is 5.01. The van der Waals surface area contributed by atoms with Crippen LogP contribution in [0.25, 0.3) is 0 Å². The largest absolute Gasteiger partial charge is 0.380 e. The summed E-state index contributed by atoms with van der Waals surface area (Å²) in [5, 5.41) is 0. The molecular formula is C10H16N2O3. The zero-order valence-electron chi connectivity index (χ0n) is 8.94. The van der Waals surface area contributed by atoms with Crippen LogP contribution in [0.15, 0.2) is 12.7 Å². The molecule has 1 heterocycles. The van der Waals surface area contributed by atoms with Gasteiger partial charge in [-0.05, 0) is 13.0 Å². The number of ether oxygens (including phenoxy) is 1. The van der Waals surface area contributed by atoms with Crippen LogP contribution in [0.4, 0.5) is 4.79 Å². The van der Waals surface area contributed by atoms with Crippen LogP contribution in [0, 0.1) is 0 Å². The topological polar surface area (TPSA) is 49.9 Å². The lowest BCUT2D eigenvalue weighted by Crippen LogP contribution is -2.36. The van der Waals surface area contributed by atoms with E-state index in [1.165, 1.54) is 4.90 Å². The van der Waals surface area contributed by atoms with Crippen LogP contribution in [-0.4, -0.2) is 54.6 Å². The molecule has 0 aliphatic carbocycles. The molecule has 3 amide bonds. The summed E-state index contributed by atoms with van der Waals surface area (Å²) in [5.74, 6) is -0.334. The first-order valence-corrected chi connectivity index (χ1v) is 5.01. The second-order valence-electron chi connectivity index (χ2n) is 3.16. The maximum Gasteiger partial charge on any atom is 0.327 e. The Kier molecular flexibility index (Phi) is 4.30. The summed E-state index contributed by atoms with van der Waals surface area (Å²) < 4.78 is 5.15. The van der Waals surface area contributed by atoms with Crippen molar-refractivity contribution in [3.63, 3.8) is 0 Å². The highest BCUT2D eigenvalue weighted by atomic mass is 16.5. The molecule has 1 aliphatic rings. The van der Waals surface area contributed by atoms with Crippen molar-refractivity contribution in [2.45, 2.75) is 6.92 Å². The molecule has 1 rings (SSSR count). The van der Waals surface area contributed by atoms with E-state index in [2.05, 4.69) is 6.58 Å². The number of nitrogens with zero attached hydrogens (tertiary/aromatic N) is 2. The Morgan fingerprint density at radius 1 is 1.60 bits per heavy atom. The summed E-state index contributed by atoms with van der Waals surface area (Å²) in [6, 6.07) is -0.250.